The van der Waals surface area contributed by atoms with Gasteiger partial charge in [0.15, 0.2) is 0 Å². The summed E-state index contributed by atoms with van der Waals surface area (Å²) < 4.78 is 126. The van der Waals surface area contributed by atoms with Crippen molar-refractivity contribution in [1.29, 1.82) is 0 Å². The lowest BCUT2D eigenvalue weighted by molar-refractivity contribution is -0.934. The van der Waals surface area contributed by atoms with Crippen LogP contribution in [0.25, 0.3) is 0 Å². The van der Waals surface area contributed by atoms with E-state index in [-0.39, 0.29) is 7.05 Å². The first-order chi connectivity index (χ1) is 8.84. The first-order valence-electron chi connectivity index (χ1n) is 4.64. The maximum atomic E-state index is 13.1. The van der Waals surface area contributed by atoms with Crippen LogP contribution in [0.3, 0.4) is 0 Å². The number of hydrogen-bond donors (Lipinski definition) is 1. The van der Waals surface area contributed by atoms with E-state index in [1.165, 1.54) is 0 Å². The minimum Gasteiger partial charge on any atom is -0.231 e. The van der Waals surface area contributed by atoms with Crippen molar-refractivity contribution in [3.05, 3.63) is 29.1 Å². The first kappa shape index (κ1) is 16.5. The smallest absolute Gasteiger partial charge is 0.231 e. The van der Waals surface area contributed by atoms with Crippen molar-refractivity contribution in [3.63, 3.8) is 0 Å². The molecule has 11 heteroatoms. The molecule has 0 aromatic heterocycles. The number of rotatable bonds is 2. The topological polar surface area (TPSA) is 4.44 Å². The van der Waals surface area contributed by atoms with Gasteiger partial charge in [0.05, 0.1) is 7.05 Å². The van der Waals surface area contributed by atoms with Crippen molar-refractivity contribution in [2.75, 3.05) is 7.05 Å². The van der Waals surface area contributed by atoms with Crippen LogP contribution in [0.15, 0.2) is 0 Å². The second-order valence-electron chi connectivity index (χ2n) is 3.64. The molecule has 1 N–H and O–H groups in total. The monoisotopic (exact) mass is 316 g/mol. The van der Waals surface area contributed by atoms with E-state index in [2.05, 4.69) is 0 Å². The van der Waals surface area contributed by atoms with E-state index in [0.29, 0.717) is 0 Å². The fraction of sp³-hybridized carbons (Fsp3) is 0.333. The van der Waals surface area contributed by atoms with Crippen LogP contribution in [0.2, 0.25) is 0 Å². The summed E-state index contributed by atoms with van der Waals surface area (Å²) >= 11 is 0. The van der Waals surface area contributed by atoms with Gasteiger partial charge in [0.1, 0.15) is 0 Å². The van der Waals surface area contributed by atoms with Gasteiger partial charge < -0.3 is 0 Å². The van der Waals surface area contributed by atoms with Crippen molar-refractivity contribution >= 4 is 5.69 Å². The molecule has 0 fully saturated rings. The molecule has 0 radical (unpaired) electrons. The Morgan fingerprint density at radius 1 is 0.650 bits per heavy atom. The first-order valence-corrected chi connectivity index (χ1v) is 4.64. The molecule has 20 heavy (non-hydrogen) atoms. The van der Waals surface area contributed by atoms with Gasteiger partial charge in [-0.3, -0.25) is 0 Å². The molecule has 0 spiro atoms. The third-order valence-electron chi connectivity index (χ3n) is 2.41. The van der Waals surface area contributed by atoms with Crippen LogP contribution in [-0.2, 0) is 0 Å². The van der Waals surface area contributed by atoms with Gasteiger partial charge in [0.2, 0.25) is 34.8 Å². The normalized spacial score (nSPS) is 14.6. The van der Waals surface area contributed by atoms with Gasteiger partial charge >= 0.3 is 12.2 Å². The Balaban J connectivity index is 3.57. The number of benzene rings is 1. The predicted molar refractivity (Wildman–Crippen MR) is 43.8 cm³/mol. The molecule has 114 valence electrons. The zero-order chi connectivity index (χ0) is 16.0. The molecule has 1 nitrogen and oxygen atoms in total. The second kappa shape index (κ2) is 4.79. The fourth-order valence-corrected chi connectivity index (χ4v) is 1.30. The average molecular weight is 316 g/mol. The van der Waals surface area contributed by atoms with E-state index in [0.717, 1.165) is 0 Å². The Morgan fingerprint density at radius 2 is 0.950 bits per heavy atom. The van der Waals surface area contributed by atoms with Crippen molar-refractivity contribution in [2.24, 2.45) is 0 Å². The van der Waals surface area contributed by atoms with Crippen LogP contribution < -0.4 is 4.90 Å². The van der Waals surface area contributed by atoms with E-state index in [1.54, 1.807) is 0 Å². The standard InChI is InChI=1S/C9H3F10N/c1-20(9(18,19)8(15,16)17)7-5(13)3(11)2(10)4(12)6(7)14/h1H3/p+1. The number of quaternary nitrogens is 1. The molecule has 0 saturated carbocycles. The lowest BCUT2D eigenvalue weighted by Crippen LogP contribution is -3.14. The Morgan fingerprint density at radius 3 is 1.25 bits per heavy atom. The van der Waals surface area contributed by atoms with Gasteiger partial charge in [-0.1, -0.05) is 0 Å². The van der Waals surface area contributed by atoms with E-state index in [4.69, 9.17) is 0 Å². The van der Waals surface area contributed by atoms with Gasteiger partial charge in [-0.25, -0.2) is 18.1 Å². The highest BCUT2D eigenvalue weighted by molar-refractivity contribution is 5.35. The minimum absolute atomic E-state index is 0.0776. The molecule has 1 atom stereocenters. The molecule has 0 heterocycles. The largest absolute Gasteiger partial charge is 0.515 e. The second-order valence-corrected chi connectivity index (χ2v) is 3.64. The van der Waals surface area contributed by atoms with Gasteiger partial charge in [-0.2, -0.15) is 22.0 Å². The highest BCUT2D eigenvalue weighted by atomic mass is 19.4. The number of nitrogens with one attached hydrogen (secondary N) is 1. The Labute approximate surface area is 104 Å². The molecular weight excluding hydrogens is 312 g/mol. The minimum atomic E-state index is -6.25. The van der Waals surface area contributed by atoms with Gasteiger partial charge in [-0.05, 0) is 0 Å². The van der Waals surface area contributed by atoms with Crippen LogP contribution in [0, 0.1) is 29.1 Å². The van der Waals surface area contributed by atoms with Crippen LogP contribution in [0.4, 0.5) is 49.6 Å². The van der Waals surface area contributed by atoms with Gasteiger partial charge in [0, 0.05) is 0 Å². The van der Waals surface area contributed by atoms with E-state index in [9.17, 15) is 43.9 Å². The SMILES string of the molecule is C[NH+](c1c(F)c(F)c(F)c(F)c1F)C(F)(F)C(F)(F)F. The maximum absolute atomic E-state index is 13.1. The van der Waals surface area contributed by atoms with Crippen molar-refractivity contribution in [3.8, 4) is 0 Å². The van der Waals surface area contributed by atoms with Crippen molar-refractivity contribution in [1.82, 2.24) is 0 Å². The quantitative estimate of drug-likeness (QED) is 0.370. The van der Waals surface area contributed by atoms with Gasteiger partial charge in [0.25, 0.3) is 0 Å². The van der Waals surface area contributed by atoms with Crippen molar-refractivity contribution < 1.29 is 48.8 Å². The van der Waals surface area contributed by atoms with Crippen LogP contribution >= 0.6 is 0 Å². The molecule has 1 aromatic carbocycles. The molecule has 0 aliphatic carbocycles. The molecule has 1 aromatic rings. The van der Waals surface area contributed by atoms with E-state index in [1.807, 2.05) is 0 Å². The summed E-state index contributed by atoms with van der Waals surface area (Å²) in [5.74, 6) is -13.4. The number of halogens is 10. The predicted octanol–water partition coefficient (Wildman–Crippen LogP) is 2.68. The molecule has 0 amide bonds. The Hall–Kier alpha value is -1.52. The highest BCUT2D eigenvalue weighted by Crippen LogP contribution is 2.33. The van der Waals surface area contributed by atoms with Crippen molar-refractivity contribution in [2.45, 2.75) is 12.2 Å². The van der Waals surface area contributed by atoms with E-state index >= 15 is 0 Å². The fourth-order valence-electron chi connectivity index (χ4n) is 1.30. The molecule has 1 unspecified atom stereocenters. The summed E-state index contributed by atoms with van der Waals surface area (Å²) in [6.45, 7) is 0. The molecule has 0 aliphatic rings. The van der Waals surface area contributed by atoms with E-state index < -0.39 is 51.9 Å². The number of alkyl halides is 5. The summed E-state index contributed by atoms with van der Waals surface area (Å²) in [7, 11) is -0.0776. The van der Waals surface area contributed by atoms with Crippen LogP contribution in [0.5, 0.6) is 0 Å². The summed E-state index contributed by atoms with van der Waals surface area (Å²) in [5, 5.41) is 0. The molecular formula is C9H4F10N+. The van der Waals surface area contributed by atoms with Crippen LogP contribution in [0.1, 0.15) is 0 Å². The summed E-state index contributed by atoms with van der Waals surface area (Å²) in [6, 6.07) is -5.76. The summed E-state index contributed by atoms with van der Waals surface area (Å²) in [5.41, 5.74) is -2.30. The zero-order valence-electron chi connectivity index (χ0n) is 9.28. The Kier molecular flexibility index (Phi) is 3.96. The lowest BCUT2D eigenvalue weighted by atomic mass is 10.2. The molecule has 0 bridgehead atoms. The summed E-state index contributed by atoms with van der Waals surface area (Å²) in [4.78, 5) is -2.34. The number of hydrogen-bond acceptors (Lipinski definition) is 0. The zero-order valence-corrected chi connectivity index (χ0v) is 9.28. The molecule has 0 aliphatic heterocycles. The highest BCUT2D eigenvalue weighted by Gasteiger charge is 2.67. The third-order valence-corrected chi connectivity index (χ3v) is 2.41. The molecule has 1 rings (SSSR count). The Bertz CT molecular complexity index is 506. The maximum Gasteiger partial charge on any atom is 0.515 e. The van der Waals surface area contributed by atoms with Gasteiger partial charge in [-0.15, -0.1) is 8.78 Å². The van der Waals surface area contributed by atoms with Crippen LogP contribution in [-0.4, -0.2) is 19.3 Å². The lowest BCUT2D eigenvalue weighted by Gasteiger charge is -2.25. The average Bonchev–Trinajstić information content (AvgIpc) is 2.32. The third kappa shape index (κ3) is 2.30. The summed E-state index contributed by atoms with van der Waals surface area (Å²) in [6.07, 6.45) is -6.25. The molecule has 0 saturated heterocycles.